The fourth-order valence-electron chi connectivity index (χ4n) is 3.44. The summed E-state index contributed by atoms with van der Waals surface area (Å²) in [5, 5.41) is 0. The van der Waals surface area contributed by atoms with E-state index >= 15 is 0 Å². The highest BCUT2D eigenvalue weighted by Crippen LogP contribution is 2.37. The maximum Gasteiger partial charge on any atom is 0.257 e. The minimum atomic E-state index is -0.546. The van der Waals surface area contributed by atoms with Crippen LogP contribution in [0.15, 0.2) is 4.99 Å². The van der Waals surface area contributed by atoms with Crippen molar-refractivity contribution in [1.82, 2.24) is 4.90 Å². The Labute approximate surface area is 110 Å². The molecule has 1 aliphatic heterocycles. The second kappa shape index (κ2) is 5.29. The van der Waals surface area contributed by atoms with E-state index < -0.39 is 5.54 Å². The molecule has 2 N–H and O–H groups in total. The third-order valence-electron chi connectivity index (χ3n) is 4.39. The van der Waals surface area contributed by atoms with Crippen LogP contribution in [0.2, 0.25) is 0 Å². The van der Waals surface area contributed by atoms with Gasteiger partial charge in [-0.05, 0) is 18.8 Å². The first-order chi connectivity index (χ1) is 8.59. The molecule has 1 amide bonds. The Kier molecular flexibility index (Phi) is 3.93. The highest BCUT2D eigenvalue weighted by Gasteiger charge is 2.46. The van der Waals surface area contributed by atoms with Crippen molar-refractivity contribution in [1.29, 1.82) is 0 Å². The van der Waals surface area contributed by atoms with Crippen LogP contribution in [0.3, 0.4) is 0 Å². The zero-order valence-corrected chi connectivity index (χ0v) is 11.6. The summed E-state index contributed by atoms with van der Waals surface area (Å²) in [4.78, 5) is 18.5. The predicted octanol–water partition coefficient (Wildman–Crippen LogP) is 2.28. The fourth-order valence-corrected chi connectivity index (χ4v) is 3.44. The highest BCUT2D eigenvalue weighted by molar-refractivity contribution is 6.06. The van der Waals surface area contributed by atoms with E-state index in [-0.39, 0.29) is 5.91 Å². The van der Waals surface area contributed by atoms with Crippen molar-refractivity contribution in [3.63, 3.8) is 0 Å². The van der Waals surface area contributed by atoms with E-state index in [1.165, 1.54) is 37.0 Å². The minimum absolute atomic E-state index is 0.104. The third-order valence-corrected chi connectivity index (χ3v) is 4.39. The summed E-state index contributed by atoms with van der Waals surface area (Å²) in [6, 6.07) is 0. The topological polar surface area (TPSA) is 58.7 Å². The fraction of sp³-hybridized carbons (Fsp3) is 0.857. The van der Waals surface area contributed by atoms with Gasteiger partial charge in [0.25, 0.3) is 5.91 Å². The summed E-state index contributed by atoms with van der Waals surface area (Å²) >= 11 is 0. The average molecular weight is 251 g/mol. The zero-order valence-electron chi connectivity index (χ0n) is 11.6. The third kappa shape index (κ3) is 2.38. The molecule has 0 aromatic rings. The van der Waals surface area contributed by atoms with Gasteiger partial charge in [0.1, 0.15) is 5.54 Å². The van der Waals surface area contributed by atoms with Gasteiger partial charge in [0.15, 0.2) is 5.96 Å². The molecule has 0 aromatic heterocycles. The largest absolute Gasteiger partial charge is 0.369 e. The smallest absolute Gasteiger partial charge is 0.257 e. The first-order valence-corrected chi connectivity index (χ1v) is 7.22. The lowest BCUT2D eigenvalue weighted by atomic mass is 9.77. The molecule has 1 heterocycles. The van der Waals surface area contributed by atoms with Crippen LogP contribution in [0.5, 0.6) is 0 Å². The van der Waals surface area contributed by atoms with Gasteiger partial charge in [-0.3, -0.25) is 9.69 Å². The molecule has 1 saturated carbocycles. The highest BCUT2D eigenvalue weighted by atomic mass is 16.2. The van der Waals surface area contributed by atoms with Crippen molar-refractivity contribution in [2.75, 3.05) is 7.05 Å². The monoisotopic (exact) mass is 251 g/mol. The van der Waals surface area contributed by atoms with E-state index in [9.17, 15) is 4.79 Å². The van der Waals surface area contributed by atoms with Crippen LogP contribution < -0.4 is 5.73 Å². The first-order valence-electron chi connectivity index (χ1n) is 7.22. The molecule has 1 aliphatic carbocycles. The molecule has 1 atom stereocenters. The molecule has 4 nitrogen and oxygen atoms in total. The summed E-state index contributed by atoms with van der Waals surface area (Å²) in [5.41, 5.74) is 5.29. The molecule has 0 spiro atoms. The van der Waals surface area contributed by atoms with Crippen LogP contribution in [0, 0.1) is 5.92 Å². The Morgan fingerprint density at radius 3 is 2.56 bits per heavy atom. The Balaban J connectivity index is 2.14. The normalized spacial score (nSPS) is 29.8. The lowest BCUT2D eigenvalue weighted by molar-refractivity contribution is -0.131. The van der Waals surface area contributed by atoms with E-state index in [4.69, 9.17) is 5.73 Å². The molecular formula is C14H25N3O. The van der Waals surface area contributed by atoms with Crippen molar-refractivity contribution >= 4 is 11.9 Å². The number of nitrogens with two attached hydrogens (primary N) is 1. The number of guanidine groups is 1. The van der Waals surface area contributed by atoms with Crippen LogP contribution in [0.4, 0.5) is 0 Å². The van der Waals surface area contributed by atoms with Gasteiger partial charge in [0.05, 0.1) is 0 Å². The Morgan fingerprint density at radius 1 is 1.39 bits per heavy atom. The molecule has 102 valence electrons. The SMILES string of the molecule is CCC[C@]1(CC2CCCCC2)N=C(N)N(C)C1=O. The van der Waals surface area contributed by atoms with E-state index in [0.717, 1.165) is 19.3 Å². The number of hydrogen-bond donors (Lipinski definition) is 1. The van der Waals surface area contributed by atoms with Gasteiger partial charge in [-0.1, -0.05) is 45.4 Å². The van der Waals surface area contributed by atoms with Crippen LogP contribution in [0.25, 0.3) is 0 Å². The molecule has 2 aliphatic rings. The first kappa shape index (κ1) is 13.4. The number of likely N-dealkylation sites (N-methyl/N-ethyl adjacent to an activating group) is 1. The molecule has 0 aromatic carbocycles. The summed E-state index contributed by atoms with van der Waals surface area (Å²) in [6.45, 7) is 2.11. The predicted molar refractivity (Wildman–Crippen MR) is 73.2 cm³/mol. The average Bonchev–Trinajstić information content (AvgIpc) is 2.56. The van der Waals surface area contributed by atoms with Gasteiger partial charge in [-0.25, -0.2) is 4.99 Å². The summed E-state index contributed by atoms with van der Waals surface area (Å²) in [5.74, 6) is 1.15. The molecule has 0 radical (unpaired) electrons. The van der Waals surface area contributed by atoms with Crippen molar-refractivity contribution in [3.05, 3.63) is 0 Å². The van der Waals surface area contributed by atoms with Crippen molar-refractivity contribution < 1.29 is 4.79 Å². The molecule has 2 rings (SSSR count). The number of hydrogen-bond acceptors (Lipinski definition) is 3. The lowest BCUT2D eigenvalue weighted by Crippen LogP contribution is -2.43. The quantitative estimate of drug-likeness (QED) is 0.833. The van der Waals surface area contributed by atoms with Crippen LogP contribution in [-0.2, 0) is 4.79 Å². The van der Waals surface area contributed by atoms with Gasteiger partial charge in [-0.15, -0.1) is 0 Å². The molecule has 0 bridgehead atoms. The standard InChI is InChI=1S/C14H25N3O/c1-3-9-14(10-11-7-5-4-6-8-11)12(18)17(2)13(15)16-14/h11H,3-10H2,1-2H3,(H2,15,16)/t14-/m1/s1. The molecule has 0 saturated heterocycles. The number of rotatable bonds is 4. The van der Waals surface area contributed by atoms with Crippen LogP contribution in [0.1, 0.15) is 58.3 Å². The van der Waals surface area contributed by atoms with E-state index in [2.05, 4.69) is 11.9 Å². The molecular weight excluding hydrogens is 226 g/mol. The number of amides is 1. The number of carbonyl (C=O) groups excluding carboxylic acids is 1. The van der Waals surface area contributed by atoms with Crippen LogP contribution >= 0.6 is 0 Å². The van der Waals surface area contributed by atoms with E-state index in [1.807, 2.05) is 0 Å². The van der Waals surface area contributed by atoms with Crippen molar-refractivity contribution in [2.45, 2.75) is 63.8 Å². The number of nitrogens with zero attached hydrogens (tertiary/aromatic N) is 2. The zero-order chi connectivity index (χ0) is 13.2. The second-order valence-electron chi connectivity index (χ2n) is 5.82. The summed E-state index contributed by atoms with van der Waals surface area (Å²) in [7, 11) is 1.74. The van der Waals surface area contributed by atoms with E-state index in [1.54, 1.807) is 7.05 Å². The Hall–Kier alpha value is -1.06. The molecule has 18 heavy (non-hydrogen) atoms. The number of aliphatic imine (C=N–C) groups is 1. The van der Waals surface area contributed by atoms with Crippen molar-refractivity contribution in [2.24, 2.45) is 16.6 Å². The second-order valence-corrected chi connectivity index (χ2v) is 5.82. The van der Waals surface area contributed by atoms with E-state index in [0.29, 0.717) is 11.9 Å². The Morgan fingerprint density at radius 2 is 2.06 bits per heavy atom. The van der Waals surface area contributed by atoms with Gasteiger partial charge in [-0.2, -0.15) is 0 Å². The lowest BCUT2D eigenvalue weighted by Gasteiger charge is -2.31. The maximum atomic E-state index is 12.4. The molecule has 0 unspecified atom stereocenters. The van der Waals surface area contributed by atoms with Gasteiger partial charge in [0.2, 0.25) is 0 Å². The summed E-state index contributed by atoms with van der Waals surface area (Å²) in [6.07, 6.45) is 9.14. The minimum Gasteiger partial charge on any atom is -0.369 e. The Bertz CT molecular complexity index is 347. The summed E-state index contributed by atoms with van der Waals surface area (Å²) < 4.78 is 0. The number of carbonyl (C=O) groups is 1. The van der Waals surface area contributed by atoms with Crippen molar-refractivity contribution in [3.8, 4) is 0 Å². The molecule has 4 heteroatoms. The molecule has 1 fully saturated rings. The maximum absolute atomic E-state index is 12.4. The van der Waals surface area contributed by atoms with Gasteiger partial charge in [0, 0.05) is 7.05 Å². The van der Waals surface area contributed by atoms with Gasteiger partial charge >= 0.3 is 0 Å². The van der Waals surface area contributed by atoms with Crippen LogP contribution in [-0.4, -0.2) is 29.4 Å². The van der Waals surface area contributed by atoms with Gasteiger partial charge < -0.3 is 5.73 Å².